The number of esters is 1. The summed E-state index contributed by atoms with van der Waals surface area (Å²) in [5.41, 5.74) is 1.89. The Bertz CT molecular complexity index is 874. The van der Waals surface area contributed by atoms with Crippen molar-refractivity contribution < 1.29 is 19.1 Å². The maximum absolute atomic E-state index is 12.7. The summed E-state index contributed by atoms with van der Waals surface area (Å²) in [5.74, 6) is -0.419. The molecule has 3 aromatic carbocycles. The number of nitrogens with one attached hydrogen (secondary N) is 1. The van der Waals surface area contributed by atoms with Crippen LogP contribution in [0.25, 0.3) is 0 Å². The number of hydrogen-bond acceptors (Lipinski definition) is 4. The van der Waals surface area contributed by atoms with E-state index in [0.717, 1.165) is 11.1 Å². The fraction of sp³-hybridized carbons (Fsp3) is 0.167. The quantitative estimate of drug-likeness (QED) is 0.594. The second kappa shape index (κ2) is 10.1. The van der Waals surface area contributed by atoms with E-state index in [2.05, 4.69) is 5.32 Å². The van der Waals surface area contributed by atoms with Gasteiger partial charge in [-0.25, -0.2) is 4.79 Å². The van der Waals surface area contributed by atoms with E-state index in [1.165, 1.54) is 0 Å². The molecule has 29 heavy (non-hydrogen) atoms. The van der Waals surface area contributed by atoms with E-state index in [4.69, 9.17) is 9.47 Å². The number of rotatable bonds is 8. The van der Waals surface area contributed by atoms with Crippen LogP contribution in [0.5, 0.6) is 5.75 Å². The Labute approximate surface area is 170 Å². The monoisotopic (exact) mass is 389 g/mol. The first-order valence-corrected chi connectivity index (χ1v) is 9.41. The highest BCUT2D eigenvalue weighted by atomic mass is 16.6. The zero-order valence-electron chi connectivity index (χ0n) is 16.2. The maximum atomic E-state index is 12.7. The van der Waals surface area contributed by atoms with Gasteiger partial charge in [0.15, 0.2) is 12.7 Å². The van der Waals surface area contributed by atoms with Gasteiger partial charge in [0.25, 0.3) is 5.91 Å². The van der Waals surface area contributed by atoms with Crippen LogP contribution in [-0.4, -0.2) is 24.6 Å². The average Bonchev–Trinajstić information content (AvgIpc) is 2.77. The summed E-state index contributed by atoms with van der Waals surface area (Å²) in [6, 6.07) is 27.9. The molecule has 1 amide bonds. The smallest absolute Gasteiger partial charge is 0.344 e. The number of carbonyl (C=O) groups excluding carboxylic acids is 2. The molecule has 148 valence electrons. The molecule has 1 N–H and O–H groups in total. The van der Waals surface area contributed by atoms with Crippen LogP contribution in [0.15, 0.2) is 91.0 Å². The highest BCUT2D eigenvalue weighted by molar-refractivity contribution is 5.84. The number of para-hydroxylation sites is 1. The Balaban J connectivity index is 1.61. The van der Waals surface area contributed by atoms with Gasteiger partial charge in [0.05, 0.1) is 6.04 Å². The van der Waals surface area contributed by atoms with Gasteiger partial charge in [0.2, 0.25) is 0 Å². The zero-order valence-corrected chi connectivity index (χ0v) is 16.2. The van der Waals surface area contributed by atoms with Crippen molar-refractivity contribution in [3.8, 4) is 5.75 Å². The number of amides is 1. The van der Waals surface area contributed by atoms with Crippen LogP contribution in [0.4, 0.5) is 0 Å². The fourth-order valence-electron chi connectivity index (χ4n) is 2.85. The average molecular weight is 389 g/mol. The molecular formula is C24H23NO4. The molecule has 0 saturated carbocycles. The number of carbonyl (C=O) groups is 2. The van der Waals surface area contributed by atoms with Gasteiger partial charge in [-0.1, -0.05) is 78.9 Å². The molecule has 0 bridgehead atoms. The molecule has 0 radical (unpaired) electrons. The van der Waals surface area contributed by atoms with Gasteiger partial charge in [-0.05, 0) is 30.2 Å². The lowest BCUT2D eigenvalue weighted by molar-refractivity contribution is -0.156. The number of hydrogen-bond donors (Lipinski definition) is 1. The molecule has 0 spiro atoms. The fourth-order valence-corrected chi connectivity index (χ4v) is 2.85. The maximum Gasteiger partial charge on any atom is 0.344 e. The van der Waals surface area contributed by atoms with E-state index in [9.17, 15) is 9.59 Å². The van der Waals surface area contributed by atoms with Gasteiger partial charge in [0.1, 0.15) is 5.75 Å². The van der Waals surface area contributed by atoms with Gasteiger partial charge in [0, 0.05) is 0 Å². The van der Waals surface area contributed by atoms with Gasteiger partial charge in [-0.3, -0.25) is 4.79 Å². The number of ether oxygens (including phenoxy) is 2. The summed E-state index contributed by atoms with van der Waals surface area (Å²) in [7, 11) is 0. The molecule has 5 nitrogen and oxygen atoms in total. The van der Waals surface area contributed by atoms with Crippen molar-refractivity contribution in [2.45, 2.75) is 19.1 Å². The van der Waals surface area contributed by atoms with Gasteiger partial charge in [-0.15, -0.1) is 0 Å². The van der Waals surface area contributed by atoms with E-state index in [-0.39, 0.29) is 18.6 Å². The van der Waals surface area contributed by atoms with Crippen LogP contribution in [0.3, 0.4) is 0 Å². The van der Waals surface area contributed by atoms with E-state index in [1.54, 1.807) is 19.1 Å². The normalized spacial score (nSPS) is 11.5. The lowest BCUT2D eigenvalue weighted by atomic mass is 9.98. The Kier molecular flexibility index (Phi) is 7.00. The SMILES string of the molecule is C[C@H](OC(=O)COc1ccccc1)C(=O)NC(c1ccccc1)c1ccccc1. The predicted molar refractivity (Wildman–Crippen MR) is 110 cm³/mol. The summed E-state index contributed by atoms with van der Waals surface area (Å²) < 4.78 is 10.6. The van der Waals surface area contributed by atoms with Crippen molar-refractivity contribution in [1.29, 1.82) is 0 Å². The summed E-state index contributed by atoms with van der Waals surface area (Å²) in [4.78, 5) is 24.7. The third kappa shape index (κ3) is 5.94. The van der Waals surface area contributed by atoms with Gasteiger partial charge >= 0.3 is 5.97 Å². The Morgan fingerprint density at radius 1 is 0.793 bits per heavy atom. The lowest BCUT2D eigenvalue weighted by Crippen LogP contribution is -2.39. The minimum atomic E-state index is -0.947. The van der Waals surface area contributed by atoms with Gasteiger partial charge in [-0.2, -0.15) is 0 Å². The topological polar surface area (TPSA) is 64.6 Å². The third-order valence-electron chi connectivity index (χ3n) is 4.33. The van der Waals surface area contributed by atoms with E-state index in [1.807, 2.05) is 78.9 Å². The minimum absolute atomic E-state index is 0.261. The Morgan fingerprint density at radius 2 is 1.28 bits per heavy atom. The highest BCUT2D eigenvalue weighted by Crippen LogP contribution is 2.22. The van der Waals surface area contributed by atoms with Crippen LogP contribution < -0.4 is 10.1 Å². The van der Waals surface area contributed by atoms with Crippen LogP contribution in [0, 0.1) is 0 Å². The second-order valence-electron chi connectivity index (χ2n) is 6.50. The molecule has 0 aromatic heterocycles. The van der Waals surface area contributed by atoms with Crippen LogP contribution >= 0.6 is 0 Å². The van der Waals surface area contributed by atoms with Crippen molar-refractivity contribution >= 4 is 11.9 Å². The van der Waals surface area contributed by atoms with Crippen LogP contribution in [0.2, 0.25) is 0 Å². The standard InChI is InChI=1S/C24H23NO4/c1-18(29-22(26)17-28-21-15-9-4-10-16-21)24(27)25-23(19-11-5-2-6-12-19)20-13-7-3-8-14-20/h2-16,18,23H,17H2,1H3,(H,25,27)/t18-/m0/s1. The first-order valence-electron chi connectivity index (χ1n) is 9.41. The van der Waals surface area contributed by atoms with Crippen molar-refractivity contribution in [3.05, 3.63) is 102 Å². The highest BCUT2D eigenvalue weighted by Gasteiger charge is 2.23. The van der Waals surface area contributed by atoms with E-state index >= 15 is 0 Å². The summed E-state index contributed by atoms with van der Waals surface area (Å²) >= 11 is 0. The van der Waals surface area contributed by atoms with Crippen molar-refractivity contribution in [3.63, 3.8) is 0 Å². The first kappa shape index (κ1) is 20.1. The summed E-state index contributed by atoms with van der Waals surface area (Å²) in [6.45, 7) is 1.28. The largest absolute Gasteiger partial charge is 0.482 e. The van der Waals surface area contributed by atoms with Crippen LogP contribution in [0.1, 0.15) is 24.1 Å². The number of benzene rings is 3. The molecule has 0 aliphatic heterocycles. The molecule has 0 heterocycles. The minimum Gasteiger partial charge on any atom is -0.482 e. The predicted octanol–water partition coefficient (Wildman–Crippen LogP) is 3.90. The first-order chi connectivity index (χ1) is 14.1. The molecule has 5 heteroatoms. The van der Waals surface area contributed by atoms with E-state index in [0.29, 0.717) is 5.75 Å². The Hall–Kier alpha value is -3.60. The summed E-state index contributed by atoms with van der Waals surface area (Å²) in [5, 5.41) is 2.97. The molecule has 0 saturated heterocycles. The molecule has 0 unspecified atom stereocenters. The lowest BCUT2D eigenvalue weighted by Gasteiger charge is -2.22. The molecule has 3 rings (SSSR count). The Morgan fingerprint density at radius 3 is 1.79 bits per heavy atom. The molecular weight excluding hydrogens is 366 g/mol. The van der Waals surface area contributed by atoms with Crippen molar-refractivity contribution in [1.82, 2.24) is 5.32 Å². The van der Waals surface area contributed by atoms with Gasteiger partial charge < -0.3 is 14.8 Å². The third-order valence-corrected chi connectivity index (χ3v) is 4.33. The molecule has 0 aliphatic carbocycles. The zero-order chi connectivity index (χ0) is 20.5. The molecule has 1 atom stereocenters. The molecule has 0 aliphatic rings. The summed E-state index contributed by atoms with van der Waals surface area (Å²) in [6.07, 6.45) is -0.947. The van der Waals surface area contributed by atoms with E-state index < -0.39 is 12.1 Å². The molecule has 3 aromatic rings. The molecule has 0 fully saturated rings. The second-order valence-corrected chi connectivity index (χ2v) is 6.50. The van der Waals surface area contributed by atoms with Crippen LogP contribution in [-0.2, 0) is 14.3 Å². The van der Waals surface area contributed by atoms with Crippen molar-refractivity contribution in [2.24, 2.45) is 0 Å². The van der Waals surface area contributed by atoms with Crippen molar-refractivity contribution in [2.75, 3.05) is 6.61 Å².